The van der Waals surface area contributed by atoms with E-state index in [9.17, 15) is 0 Å². The van der Waals surface area contributed by atoms with Crippen LogP contribution in [0.3, 0.4) is 0 Å². The summed E-state index contributed by atoms with van der Waals surface area (Å²) >= 11 is 0. The van der Waals surface area contributed by atoms with E-state index in [0.717, 1.165) is 24.5 Å². The van der Waals surface area contributed by atoms with Crippen LogP contribution in [0, 0.1) is 19.3 Å². The summed E-state index contributed by atoms with van der Waals surface area (Å²) in [5, 5.41) is 7.80. The van der Waals surface area contributed by atoms with Crippen molar-refractivity contribution in [2.45, 2.75) is 66.6 Å². The second kappa shape index (κ2) is 5.49. The minimum Gasteiger partial charge on any atom is -0.361 e. The number of aryl methyl sites for hydroxylation is 2. The highest BCUT2D eigenvalue weighted by Crippen LogP contribution is 2.32. The van der Waals surface area contributed by atoms with Gasteiger partial charge in [-0.25, -0.2) is 0 Å². The van der Waals surface area contributed by atoms with Crippen molar-refractivity contribution in [3.05, 3.63) is 17.0 Å². The second-order valence-corrected chi connectivity index (χ2v) is 7.29. The van der Waals surface area contributed by atoms with Gasteiger partial charge in [0.05, 0.1) is 5.69 Å². The summed E-state index contributed by atoms with van der Waals surface area (Å²) in [6.45, 7) is 17.6. The van der Waals surface area contributed by atoms with E-state index in [4.69, 9.17) is 4.52 Å². The molecule has 2 heterocycles. The van der Waals surface area contributed by atoms with Gasteiger partial charge in [0, 0.05) is 36.8 Å². The molecule has 4 nitrogen and oxygen atoms in total. The van der Waals surface area contributed by atoms with Crippen molar-refractivity contribution in [3.63, 3.8) is 0 Å². The summed E-state index contributed by atoms with van der Waals surface area (Å²) < 4.78 is 5.34. The smallest absolute Gasteiger partial charge is 0.138 e. The first-order chi connectivity index (χ1) is 9.21. The van der Waals surface area contributed by atoms with Crippen LogP contribution in [0.15, 0.2) is 4.52 Å². The molecule has 0 radical (unpaired) electrons. The Kier molecular flexibility index (Phi) is 4.26. The number of hydrogen-bond donors (Lipinski definition) is 1. The predicted molar refractivity (Wildman–Crippen MR) is 81.8 cm³/mol. The maximum absolute atomic E-state index is 5.34. The van der Waals surface area contributed by atoms with E-state index in [0.29, 0.717) is 18.1 Å². The van der Waals surface area contributed by atoms with Crippen molar-refractivity contribution in [2.24, 2.45) is 5.41 Å². The lowest BCUT2D eigenvalue weighted by Crippen LogP contribution is -2.59. The molecule has 0 aromatic carbocycles. The van der Waals surface area contributed by atoms with Crippen LogP contribution in [0.4, 0.5) is 0 Å². The summed E-state index contributed by atoms with van der Waals surface area (Å²) in [5.41, 5.74) is 2.55. The van der Waals surface area contributed by atoms with Crippen LogP contribution in [0.5, 0.6) is 0 Å². The summed E-state index contributed by atoms with van der Waals surface area (Å²) in [5.74, 6) is 0.952. The van der Waals surface area contributed by atoms with Crippen LogP contribution < -0.4 is 5.32 Å². The zero-order chi connectivity index (χ0) is 15.1. The zero-order valence-electron chi connectivity index (χ0n) is 13.9. The zero-order valence-corrected chi connectivity index (χ0v) is 13.9. The molecule has 114 valence electrons. The van der Waals surface area contributed by atoms with E-state index in [1.165, 1.54) is 5.56 Å². The lowest BCUT2D eigenvalue weighted by atomic mass is 9.84. The van der Waals surface area contributed by atoms with Crippen LogP contribution in [0.1, 0.15) is 57.7 Å². The SMILES string of the molecule is Cc1noc(C)c1C(C)N1CC(C(C)(C)C)NCC1C. The molecule has 0 bridgehead atoms. The van der Waals surface area contributed by atoms with Crippen LogP contribution in [0.2, 0.25) is 0 Å². The lowest BCUT2D eigenvalue weighted by Gasteiger charge is -2.46. The van der Waals surface area contributed by atoms with Gasteiger partial charge in [-0.05, 0) is 33.1 Å². The largest absolute Gasteiger partial charge is 0.361 e. The minimum absolute atomic E-state index is 0.275. The Morgan fingerprint density at radius 2 is 2.00 bits per heavy atom. The molecule has 1 aromatic heterocycles. The van der Waals surface area contributed by atoms with Gasteiger partial charge in [0.25, 0.3) is 0 Å². The molecule has 1 fully saturated rings. The third-order valence-electron chi connectivity index (χ3n) is 4.67. The number of nitrogens with one attached hydrogen (secondary N) is 1. The minimum atomic E-state index is 0.275. The second-order valence-electron chi connectivity index (χ2n) is 7.29. The summed E-state index contributed by atoms with van der Waals surface area (Å²) in [7, 11) is 0. The molecule has 1 aliphatic rings. The predicted octanol–water partition coefficient (Wildman–Crippen LogP) is 3.06. The number of nitrogens with zero attached hydrogens (tertiary/aromatic N) is 2. The number of piperazine rings is 1. The Bertz CT molecular complexity index is 441. The van der Waals surface area contributed by atoms with Crippen molar-refractivity contribution >= 4 is 0 Å². The van der Waals surface area contributed by atoms with E-state index in [-0.39, 0.29) is 5.41 Å². The summed E-state index contributed by atoms with van der Waals surface area (Å²) in [4.78, 5) is 2.58. The van der Waals surface area contributed by atoms with Crippen LogP contribution >= 0.6 is 0 Å². The van der Waals surface area contributed by atoms with Crippen LogP contribution in [-0.2, 0) is 0 Å². The number of aromatic nitrogens is 1. The normalized spacial score (nSPS) is 26.8. The molecule has 20 heavy (non-hydrogen) atoms. The van der Waals surface area contributed by atoms with E-state index in [1.807, 2.05) is 13.8 Å². The van der Waals surface area contributed by atoms with Gasteiger partial charge in [0.15, 0.2) is 0 Å². The molecule has 0 amide bonds. The molecular weight excluding hydrogens is 250 g/mol. The molecular formula is C16H29N3O. The highest BCUT2D eigenvalue weighted by atomic mass is 16.5. The Labute approximate surface area is 122 Å². The molecule has 0 saturated carbocycles. The quantitative estimate of drug-likeness (QED) is 0.903. The fraction of sp³-hybridized carbons (Fsp3) is 0.812. The van der Waals surface area contributed by atoms with Crippen molar-refractivity contribution in [1.29, 1.82) is 0 Å². The van der Waals surface area contributed by atoms with Crippen molar-refractivity contribution in [3.8, 4) is 0 Å². The lowest BCUT2D eigenvalue weighted by molar-refractivity contribution is 0.0622. The first-order valence-electron chi connectivity index (χ1n) is 7.63. The van der Waals surface area contributed by atoms with Gasteiger partial charge >= 0.3 is 0 Å². The Balaban J connectivity index is 2.21. The highest BCUT2D eigenvalue weighted by molar-refractivity contribution is 5.25. The standard InChI is InChI=1S/C16H29N3O/c1-10-8-17-14(16(5,6)7)9-19(10)12(3)15-11(2)18-20-13(15)4/h10,12,14,17H,8-9H2,1-7H3. The molecule has 1 aliphatic heterocycles. The molecule has 1 saturated heterocycles. The third kappa shape index (κ3) is 2.91. The van der Waals surface area contributed by atoms with Crippen molar-refractivity contribution in [2.75, 3.05) is 13.1 Å². The monoisotopic (exact) mass is 279 g/mol. The van der Waals surface area contributed by atoms with Gasteiger partial charge < -0.3 is 9.84 Å². The van der Waals surface area contributed by atoms with Gasteiger partial charge in [0.2, 0.25) is 0 Å². The Morgan fingerprint density at radius 1 is 1.35 bits per heavy atom. The van der Waals surface area contributed by atoms with Crippen LogP contribution in [-0.4, -0.2) is 35.2 Å². The Morgan fingerprint density at radius 3 is 2.50 bits per heavy atom. The molecule has 3 atom stereocenters. The average molecular weight is 279 g/mol. The summed E-state index contributed by atoms with van der Waals surface area (Å²) in [6, 6.07) is 1.39. The highest BCUT2D eigenvalue weighted by Gasteiger charge is 2.36. The maximum Gasteiger partial charge on any atom is 0.138 e. The first-order valence-corrected chi connectivity index (χ1v) is 7.63. The van der Waals surface area contributed by atoms with Crippen molar-refractivity contribution in [1.82, 2.24) is 15.4 Å². The number of rotatable bonds is 2. The fourth-order valence-electron chi connectivity index (χ4n) is 3.26. The first kappa shape index (κ1) is 15.5. The summed E-state index contributed by atoms with van der Waals surface area (Å²) in [6.07, 6.45) is 0. The van der Waals surface area contributed by atoms with E-state index < -0.39 is 0 Å². The van der Waals surface area contributed by atoms with Gasteiger partial charge in [-0.2, -0.15) is 0 Å². The molecule has 4 heteroatoms. The van der Waals surface area contributed by atoms with Crippen molar-refractivity contribution < 1.29 is 4.52 Å². The van der Waals surface area contributed by atoms with Gasteiger partial charge in [-0.1, -0.05) is 25.9 Å². The molecule has 3 unspecified atom stereocenters. The third-order valence-corrected chi connectivity index (χ3v) is 4.67. The molecule has 0 aliphatic carbocycles. The van der Waals surface area contributed by atoms with Crippen LogP contribution in [0.25, 0.3) is 0 Å². The number of hydrogen-bond acceptors (Lipinski definition) is 4. The Hall–Kier alpha value is -0.870. The van der Waals surface area contributed by atoms with Gasteiger partial charge in [-0.15, -0.1) is 0 Å². The maximum atomic E-state index is 5.34. The molecule has 0 spiro atoms. The van der Waals surface area contributed by atoms with E-state index in [1.54, 1.807) is 0 Å². The molecule has 2 rings (SSSR count). The topological polar surface area (TPSA) is 41.3 Å². The van der Waals surface area contributed by atoms with E-state index >= 15 is 0 Å². The van der Waals surface area contributed by atoms with Gasteiger partial charge in [-0.3, -0.25) is 4.90 Å². The molecule has 1 N–H and O–H groups in total. The molecule has 1 aromatic rings. The van der Waals surface area contributed by atoms with E-state index in [2.05, 4.69) is 50.0 Å². The van der Waals surface area contributed by atoms with Gasteiger partial charge in [0.1, 0.15) is 5.76 Å². The fourth-order valence-corrected chi connectivity index (χ4v) is 3.26. The average Bonchev–Trinajstić information content (AvgIpc) is 2.67.